The van der Waals surface area contributed by atoms with Gasteiger partial charge < -0.3 is 4.74 Å². The predicted molar refractivity (Wildman–Crippen MR) is 50.6 cm³/mol. The maximum Gasteiger partial charge on any atom is 0.350 e. The van der Waals surface area contributed by atoms with Gasteiger partial charge in [0, 0.05) is 6.54 Å². The van der Waals surface area contributed by atoms with Crippen LogP contribution in [0.5, 0.6) is 5.88 Å². The number of hydrogen-bond acceptors (Lipinski definition) is 4. The molecule has 0 bridgehead atoms. The van der Waals surface area contributed by atoms with Gasteiger partial charge in [-0.05, 0) is 6.42 Å². The molecule has 0 aliphatic rings. The third kappa shape index (κ3) is 2.24. The molecule has 1 heterocycles. The Morgan fingerprint density at radius 2 is 2.50 bits per heavy atom. The highest BCUT2D eigenvalue weighted by Gasteiger charge is 2.19. The molecule has 0 aliphatic carbocycles. The zero-order valence-corrected chi connectivity index (χ0v) is 7.84. The summed E-state index contributed by atoms with van der Waals surface area (Å²) in [6.07, 6.45) is 2.59. The third-order valence-electron chi connectivity index (χ3n) is 1.69. The first kappa shape index (κ1) is 10.6. The molecule has 0 fully saturated rings. The average molecular weight is 195 g/mol. The molecule has 0 aromatic carbocycles. The minimum absolute atomic E-state index is 0.0343. The van der Waals surface area contributed by atoms with Crippen LogP contribution in [0.3, 0.4) is 0 Å². The monoisotopic (exact) mass is 195 g/mol. The summed E-state index contributed by atoms with van der Waals surface area (Å²) in [4.78, 5) is 9.99. The van der Waals surface area contributed by atoms with Crippen molar-refractivity contribution in [2.45, 2.75) is 19.3 Å². The molecule has 7 heteroatoms. The number of ether oxygens (including phenoxy) is 1. The van der Waals surface area contributed by atoms with Gasteiger partial charge in [0.15, 0.2) is 0 Å². The topological polar surface area (TPSA) is 70.2 Å². The molecule has 1 aromatic rings. The van der Waals surface area contributed by atoms with E-state index in [4.69, 9.17) is 12.6 Å². The van der Waals surface area contributed by atoms with Crippen molar-refractivity contribution in [2.24, 2.45) is 0 Å². The molecule has 0 amide bonds. The second-order valence-electron chi connectivity index (χ2n) is 2.69. The van der Waals surface area contributed by atoms with E-state index >= 15 is 0 Å². The Hall–Kier alpha value is -1.53. The molecule has 1 rings (SSSR count). The van der Waals surface area contributed by atoms with E-state index < -0.39 is 4.92 Å². The normalized spacial score (nSPS) is 10.1. The largest absolute Gasteiger partial charge is 0.475 e. The van der Waals surface area contributed by atoms with Crippen LogP contribution in [0.25, 0.3) is 0 Å². The minimum atomic E-state index is -0.523. The quantitative estimate of drug-likeness (QED) is 0.395. The van der Waals surface area contributed by atoms with Crippen LogP contribution in [0.1, 0.15) is 6.42 Å². The van der Waals surface area contributed by atoms with Crippen molar-refractivity contribution < 1.29 is 9.66 Å². The summed E-state index contributed by atoms with van der Waals surface area (Å²) in [5.74, 6) is 0.0343. The molecule has 1 aromatic heterocycles. The number of aryl methyl sites for hydroxylation is 1. The average Bonchev–Trinajstić information content (AvgIpc) is 2.57. The van der Waals surface area contributed by atoms with Gasteiger partial charge in [0.2, 0.25) is 0 Å². The van der Waals surface area contributed by atoms with E-state index in [-0.39, 0.29) is 11.6 Å². The van der Waals surface area contributed by atoms with Gasteiger partial charge in [-0.2, -0.15) is 0 Å². The van der Waals surface area contributed by atoms with Crippen molar-refractivity contribution in [1.29, 1.82) is 0 Å². The lowest BCUT2D eigenvalue weighted by Crippen LogP contribution is -1.98. The van der Waals surface area contributed by atoms with E-state index in [0.29, 0.717) is 12.9 Å². The third-order valence-corrected chi connectivity index (χ3v) is 1.69. The number of nitrogens with zero attached hydrogens (tertiary/aromatic N) is 3. The minimum Gasteiger partial charge on any atom is -0.475 e. The first-order valence-corrected chi connectivity index (χ1v) is 4.15. The maximum atomic E-state index is 10.5. The summed E-state index contributed by atoms with van der Waals surface area (Å²) < 4.78 is 6.22. The van der Waals surface area contributed by atoms with Gasteiger partial charge in [-0.15, -0.1) is 5.10 Å². The van der Waals surface area contributed by atoms with Crippen LogP contribution in [-0.4, -0.2) is 29.7 Å². The van der Waals surface area contributed by atoms with Crippen LogP contribution in [0.4, 0.5) is 5.69 Å². The highest BCUT2D eigenvalue weighted by Crippen LogP contribution is 2.23. The first-order valence-electron chi connectivity index (χ1n) is 4.15. The fourth-order valence-corrected chi connectivity index (χ4v) is 1.03. The van der Waals surface area contributed by atoms with Gasteiger partial charge in [-0.3, -0.25) is 14.8 Å². The molecule has 0 unspecified atom stereocenters. The lowest BCUT2D eigenvalue weighted by Gasteiger charge is -1.96. The SMILES string of the molecule is [B]CCCn1cc([N+](=O)[O-])c(OC)n1. The molecule has 0 aliphatic heterocycles. The van der Waals surface area contributed by atoms with Gasteiger partial charge in [0.05, 0.1) is 19.9 Å². The number of nitro groups is 1. The molecule has 74 valence electrons. The smallest absolute Gasteiger partial charge is 0.350 e. The van der Waals surface area contributed by atoms with Crippen LogP contribution < -0.4 is 4.74 Å². The van der Waals surface area contributed by atoms with Crippen molar-refractivity contribution in [3.05, 3.63) is 16.3 Å². The zero-order chi connectivity index (χ0) is 10.6. The molecular weight excluding hydrogens is 185 g/mol. The molecule has 0 saturated heterocycles. The lowest BCUT2D eigenvalue weighted by molar-refractivity contribution is -0.385. The van der Waals surface area contributed by atoms with Crippen LogP contribution >= 0.6 is 0 Å². The second kappa shape index (κ2) is 4.64. The van der Waals surface area contributed by atoms with Crippen LogP contribution in [0.15, 0.2) is 6.20 Å². The highest BCUT2D eigenvalue weighted by atomic mass is 16.6. The van der Waals surface area contributed by atoms with Gasteiger partial charge in [-0.1, -0.05) is 6.32 Å². The fourth-order valence-electron chi connectivity index (χ4n) is 1.03. The molecule has 0 atom stereocenters. The van der Waals surface area contributed by atoms with E-state index in [1.807, 2.05) is 0 Å². The zero-order valence-electron chi connectivity index (χ0n) is 7.84. The molecule has 14 heavy (non-hydrogen) atoms. The molecular formula is C7H10BN3O3. The Morgan fingerprint density at radius 3 is 2.93 bits per heavy atom. The number of aromatic nitrogens is 2. The standard InChI is InChI=1S/C7H10BN3O3/c1-14-7-6(11(12)13)5-10(9-7)4-2-3-8/h5H,2-4H2,1H3. The Morgan fingerprint density at radius 1 is 1.79 bits per heavy atom. The van der Waals surface area contributed by atoms with Gasteiger partial charge in [0.1, 0.15) is 6.20 Å². The van der Waals surface area contributed by atoms with Crippen molar-refractivity contribution >= 4 is 13.5 Å². The molecule has 6 nitrogen and oxygen atoms in total. The van der Waals surface area contributed by atoms with E-state index in [1.165, 1.54) is 18.0 Å². The van der Waals surface area contributed by atoms with E-state index in [0.717, 1.165) is 6.42 Å². The highest BCUT2D eigenvalue weighted by molar-refractivity contribution is 6.08. The van der Waals surface area contributed by atoms with Crippen LogP contribution in [0.2, 0.25) is 6.32 Å². The summed E-state index contributed by atoms with van der Waals surface area (Å²) in [5.41, 5.74) is -0.121. The predicted octanol–water partition coefficient (Wildman–Crippen LogP) is 0.777. The lowest BCUT2D eigenvalue weighted by atomic mass is 10.0. The number of methoxy groups -OCH3 is 1. The Labute approximate surface area is 82.4 Å². The molecule has 2 radical (unpaired) electrons. The Balaban J connectivity index is 2.83. The molecule has 0 N–H and O–H groups in total. The second-order valence-corrected chi connectivity index (χ2v) is 2.69. The number of hydrogen-bond donors (Lipinski definition) is 0. The Bertz CT molecular complexity index is 326. The van der Waals surface area contributed by atoms with E-state index in [9.17, 15) is 10.1 Å². The molecule has 0 spiro atoms. The number of rotatable bonds is 5. The Kier molecular flexibility index (Phi) is 3.50. The maximum absolute atomic E-state index is 10.5. The molecule has 0 saturated carbocycles. The van der Waals surface area contributed by atoms with Crippen LogP contribution in [-0.2, 0) is 6.54 Å². The summed E-state index contributed by atoms with van der Waals surface area (Å²) >= 11 is 0. The van der Waals surface area contributed by atoms with Crippen molar-refractivity contribution in [3.63, 3.8) is 0 Å². The summed E-state index contributed by atoms with van der Waals surface area (Å²) in [7, 11) is 6.66. The van der Waals surface area contributed by atoms with E-state index in [1.54, 1.807) is 0 Å². The summed E-state index contributed by atoms with van der Waals surface area (Å²) in [6.45, 7) is 0.556. The summed E-state index contributed by atoms with van der Waals surface area (Å²) in [6, 6.07) is 0. The van der Waals surface area contributed by atoms with Crippen molar-refractivity contribution in [2.75, 3.05) is 7.11 Å². The van der Waals surface area contributed by atoms with Crippen LogP contribution in [0, 0.1) is 10.1 Å². The summed E-state index contributed by atoms with van der Waals surface area (Å²) in [5, 5.41) is 14.4. The van der Waals surface area contributed by atoms with Crippen molar-refractivity contribution in [3.8, 4) is 5.88 Å². The van der Waals surface area contributed by atoms with Gasteiger partial charge in [-0.25, -0.2) is 0 Å². The fraction of sp³-hybridized carbons (Fsp3) is 0.571. The first-order chi connectivity index (χ1) is 6.69. The van der Waals surface area contributed by atoms with Gasteiger partial charge in [0.25, 0.3) is 0 Å². The van der Waals surface area contributed by atoms with Gasteiger partial charge >= 0.3 is 11.6 Å². The van der Waals surface area contributed by atoms with E-state index in [2.05, 4.69) is 5.10 Å². The van der Waals surface area contributed by atoms with Crippen molar-refractivity contribution in [1.82, 2.24) is 9.78 Å².